The van der Waals surface area contributed by atoms with Crippen molar-refractivity contribution in [2.45, 2.75) is 19.3 Å². The number of hydrogen-bond acceptors (Lipinski definition) is 1. The molecule has 2 aromatic carbocycles. The molecular formula is C16H18ClN. The van der Waals surface area contributed by atoms with E-state index < -0.39 is 0 Å². The van der Waals surface area contributed by atoms with Crippen molar-refractivity contribution >= 4 is 17.3 Å². The first-order valence-electron chi connectivity index (χ1n) is 6.12. The lowest BCUT2D eigenvalue weighted by atomic mass is 10.1. The highest BCUT2D eigenvalue weighted by Gasteiger charge is 2.07. The van der Waals surface area contributed by atoms with Crippen molar-refractivity contribution in [1.29, 1.82) is 0 Å². The molecule has 2 aromatic rings. The lowest BCUT2D eigenvalue weighted by Crippen LogP contribution is -2.18. The van der Waals surface area contributed by atoms with Crippen molar-refractivity contribution in [1.82, 2.24) is 0 Å². The minimum Gasteiger partial charge on any atom is -0.370 e. The van der Waals surface area contributed by atoms with Gasteiger partial charge in [-0.3, -0.25) is 0 Å². The normalized spacial score (nSPS) is 10.4. The molecule has 0 amide bonds. The van der Waals surface area contributed by atoms with E-state index in [4.69, 9.17) is 11.6 Å². The Kier molecular flexibility index (Phi) is 4.27. The van der Waals surface area contributed by atoms with Gasteiger partial charge >= 0.3 is 0 Å². The summed E-state index contributed by atoms with van der Waals surface area (Å²) in [5, 5.41) is 0. The van der Waals surface area contributed by atoms with Gasteiger partial charge < -0.3 is 4.90 Å². The fourth-order valence-electron chi connectivity index (χ4n) is 2.12. The third-order valence-electron chi connectivity index (χ3n) is 3.22. The van der Waals surface area contributed by atoms with E-state index >= 15 is 0 Å². The number of anilines is 1. The Morgan fingerprint density at radius 1 is 0.944 bits per heavy atom. The van der Waals surface area contributed by atoms with Gasteiger partial charge in [-0.15, -0.1) is 11.6 Å². The highest BCUT2D eigenvalue weighted by atomic mass is 35.5. The lowest BCUT2D eigenvalue weighted by Gasteiger charge is -2.22. The summed E-state index contributed by atoms with van der Waals surface area (Å²) in [6, 6.07) is 16.8. The lowest BCUT2D eigenvalue weighted by molar-refractivity contribution is 0.908. The number of halogens is 1. The van der Waals surface area contributed by atoms with E-state index in [0.29, 0.717) is 5.88 Å². The zero-order chi connectivity index (χ0) is 13.0. The monoisotopic (exact) mass is 259 g/mol. The zero-order valence-electron chi connectivity index (χ0n) is 10.9. The first-order valence-corrected chi connectivity index (χ1v) is 6.65. The molecule has 0 aromatic heterocycles. The van der Waals surface area contributed by atoms with Crippen LogP contribution < -0.4 is 4.90 Å². The van der Waals surface area contributed by atoms with Crippen molar-refractivity contribution in [2.24, 2.45) is 0 Å². The molecule has 0 bridgehead atoms. The second-order valence-corrected chi connectivity index (χ2v) is 4.81. The third kappa shape index (κ3) is 2.85. The Labute approximate surface area is 114 Å². The Balaban J connectivity index is 2.22. The van der Waals surface area contributed by atoms with Crippen LogP contribution in [0.4, 0.5) is 5.69 Å². The van der Waals surface area contributed by atoms with E-state index in [1.165, 1.54) is 22.4 Å². The van der Waals surface area contributed by atoms with Crippen LogP contribution in [0.2, 0.25) is 0 Å². The van der Waals surface area contributed by atoms with Crippen molar-refractivity contribution in [3.63, 3.8) is 0 Å². The first kappa shape index (κ1) is 13.0. The Bertz CT molecular complexity index is 522. The Morgan fingerprint density at radius 3 is 2.22 bits per heavy atom. The second kappa shape index (κ2) is 5.92. The van der Waals surface area contributed by atoms with Crippen LogP contribution in [0.1, 0.15) is 16.7 Å². The number of benzene rings is 2. The molecule has 2 heteroatoms. The molecule has 0 fully saturated rings. The van der Waals surface area contributed by atoms with Gasteiger partial charge in [0, 0.05) is 25.2 Å². The summed E-state index contributed by atoms with van der Waals surface area (Å²) in [6.45, 7) is 3.05. The van der Waals surface area contributed by atoms with E-state index in [2.05, 4.69) is 61.3 Å². The van der Waals surface area contributed by atoms with Crippen LogP contribution in [-0.4, -0.2) is 7.05 Å². The van der Waals surface area contributed by atoms with Gasteiger partial charge in [0.05, 0.1) is 0 Å². The SMILES string of the molecule is Cc1ccccc1CN(C)c1ccccc1CCl. The number of rotatable bonds is 4. The van der Waals surface area contributed by atoms with E-state index in [0.717, 1.165) is 6.54 Å². The second-order valence-electron chi connectivity index (χ2n) is 4.54. The van der Waals surface area contributed by atoms with Crippen LogP contribution in [0, 0.1) is 6.92 Å². The molecule has 0 aliphatic rings. The molecule has 0 spiro atoms. The predicted molar refractivity (Wildman–Crippen MR) is 79.3 cm³/mol. The largest absolute Gasteiger partial charge is 0.370 e. The van der Waals surface area contributed by atoms with Crippen LogP contribution in [0.25, 0.3) is 0 Å². The van der Waals surface area contributed by atoms with Gasteiger partial charge in [0.25, 0.3) is 0 Å². The average Bonchev–Trinajstić information content (AvgIpc) is 2.41. The van der Waals surface area contributed by atoms with E-state index in [1.54, 1.807) is 0 Å². The van der Waals surface area contributed by atoms with Gasteiger partial charge in [0.2, 0.25) is 0 Å². The molecule has 0 saturated heterocycles. The molecule has 1 nitrogen and oxygen atoms in total. The van der Waals surface area contributed by atoms with Gasteiger partial charge in [0.15, 0.2) is 0 Å². The molecule has 0 unspecified atom stereocenters. The standard InChI is InChI=1S/C16H18ClN/c1-13-7-3-4-9-15(13)12-18(2)16-10-6-5-8-14(16)11-17/h3-10H,11-12H2,1-2H3. The van der Waals surface area contributed by atoms with Crippen LogP contribution >= 0.6 is 11.6 Å². The number of alkyl halides is 1. The molecule has 2 rings (SSSR count). The molecule has 0 saturated carbocycles. The summed E-state index contributed by atoms with van der Waals surface area (Å²) in [7, 11) is 2.11. The summed E-state index contributed by atoms with van der Waals surface area (Å²) in [4.78, 5) is 2.25. The van der Waals surface area contributed by atoms with Gasteiger partial charge in [-0.1, -0.05) is 42.5 Å². The highest BCUT2D eigenvalue weighted by molar-refractivity contribution is 6.17. The van der Waals surface area contributed by atoms with E-state index in [9.17, 15) is 0 Å². The van der Waals surface area contributed by atoms with Gasteiger partial charge in [-0.25, -0.2) is 0 Å². The molecule has 0 radical (unpaired) electrons. The maximum Gasteiger partial charge on any atom is 0.0494 e. The minimum absolute atomic E-state index is 0.550. The summed E-state index contributed by atoms with van der Waals surface area (Å²) in [5.74, 6) is 0.550. The molecule has 0 N–H and O–H groups in total. The van der Waals surface area contributed by atoms with Crippen LogP contribution in [0.3, 0.4) is 0 Å². The smallest absolute Gasteiger partial charge is 0.0494 e. The van der Waals surface area contributed by atoms with Crippen LogP contribution in [0.5, 0.6) is 0 Å². The number of nitrogens with zero attached hydrogens (tertiary/aromatic N) is 1. The topological polar surface area (TPSA) is 3.24 Å². The van der Waals surface area contributed by atoms with Crippen LogP contribution in [-0.2, 0) is 12.4 Å². The fraction of sp³-hybridized carbons (Fsp3) is 0.250. The Hall–Kier alpha value is -1.47. The minimum atomic E-state index is 0.550. The third-order valence-corrected chi connectivity index (χ3v) is 3.50. The highest BCUT2D eigenvalue weighted by Crippen LogP contribution is 2.23. The van der Waals surface area contributed by atoms with Crippen molar-refractivity contribution < 1.29 is 0 Å². The molecule has 94 valence electrons. The predicted octanol–water partition coefficient (Wildman–Crippen LogP) is 4.37. The molecule has 0 heterocycles. The summed E-state index contributed by atoms with van der Waals surface area (Å²) < 4.78 is 0. The maximum atomic E-state index is 5.98. The van der Waals surface area contributed by atoms with Crippen molar-refractivity contribution in [2.75, 3.05) is 11.9 Å². The average molecular weight is 260 g/mol. The number of hydrogen-bond donors (Lipinski definition) is 0. The number of aryl methyl sites for hydroxylation is 1. The first-order chi connectivity index (χ1) is 8.72. The quantitative estimate of drug-likeness (QED) is 0.737. The molecule has 0 aliphatic heterocycles. The Morgan fingerprint density at radius 2 is 1.56 bits per heavy atom. The molecular weight excluding hydrogens is 242 g/mol. The fourth-order valence-corrected chi connectivity index (χ4v) is 2.35. The number of para-hydroxylation sites is 1. The zero-order valence-corrected chi connectivity index (χ0v) is 11.6. The maximum absolute atomic E-state index is 5.98. The summed E-state index contributed by atoms with van der Waals surface area (Å²) in [5.41, 5.74) is 5.06. The van der Waals surface area contributed by atoms with Crippen LogP contribution in [0.15, 0.2) is 48.5 Å². The molecule has 0 aliphatic carbocycles. The van der Waals surface area contributed by atoms with E-state index in [1.807, 2.05) is 6.07 Å². The molecule has 18 heavy (non-hydrogen) atoms. The van der Waals surface area contributed by atoms with E-state index in [-0.39, 0.29) is 0 Å². The van der Waals surface area contributed by atoms with Crippen molar-refractivity contribution in [3.05, 3.63) is 65.2 Å². The summed E-state index contributed by atoms with van der Waals surface area (Å²) >= 11 is 5.98. The van der Waals surface area contributed by atoms with Gasteiger partial charge in [0.1, 0.15) is 0 Å². The van der Waals surface area contributed by atoms with Crippen molar-refractivity contribution in [3.8, 4) is 0 Å². The van der Waals surface area contributed by atoms with Gasteiger partial charge in [-0.2, -0.15) is 0 Å². The molecule has 0 atom stereocenters. The summed E-state index contributed by atoms with van der Waals surface area (Å²) in [6.07, 6.45) is 0. The van der Waals surface area contributed by atoms with Gasteiger partial charge in [-0.05, 0) is 29.7 Å².